The van der Waals surface area contributed by atoms with E-state index in [1.165, 1.54) is 0 Å². The Morgan fingerprint density at radius 3 is 1.87 bits per heavy atom. The van der Waals surface area contributed by atoms with Gasteiger partial charge in [0.15, 0.2) is 0 Å². The highest BCUT2D eigenvalue weighted by Crippen LogP contribution is 2.10. The van der Waals surface area contributed by atoms with Gasteiger partial charge in [0.1, 0.15) is 18.1 Å². The minimum Gasteiger partial charge on any atom is -0.481 e. The van der Waals surface area contributed by atoms with Crippen LogP contribution in [0.4, 0.5) is 0 Å². The van der Waals surface area contributed by atoms with Crippen LogP contribution in [0.15, 0.2) is 0 Å². The fourth-order valence-corrected chi connectivity index (χ4v) is 2.79. The number of nitrogens with one attached hydrogen (secondary N) is 3. The second-order valence-electron chi connectivity index (χ2n) is 6.74. The zero-order valence-electron chi connectivity index (χ0n) is 16.8. The van der Waals surface area contributed by atoms with Gasteiger partial charge in [-0.05, 0) is 12.3 Å². The van der Waals surface area contributed by atoms with Crippen molar-refractivity contribution in [1.82, 2.24) is 16.0 Å². The van der Waals surface area contributed by atoms with E-state index in [1.807, 2.05) is 0 Å². The molecule has 0 aliphatic rings. The molecule has 0 spiro atoms. The van der Waals surface area contributed by atoms with Crippen LogP contribution in [0.5, 0.6) is 0 Å². The van der Waals surface area contributed by atoms with Crippen LogP contribution in [0.1, 0.15) is 33.1 Å². The van der Waals surface area contributed by atoms with E-state index >= 15 is 0 Å². The van der Waals surface area contributed by atoms with E-state index < -0.39 is 53.8 Å². The molecule has 13 heteroatoms. The van der Waals surface area contributed by atoms with E-state index in [0.717, 1.165) is 0 Å². The Labute approximate surface area is 185 Å². The highest BCUT2D eigenvalue weighted by Gasteiger charge is 2.31. The van der Waals surface area contributed by atoms with E-state index in [-0.39, 0.29) is 30.3 Å². The largest absolute Gasteiger partial charge is 0.481 e. The molecule has 0 saturated carbocycles. The predicted molar refractivity (Wildman–Crippen MR) is 115 cm³/mol. The first kappa shape index (κ1) is 28.0. The first-order valence-corrected chi connectivity index (χ1v) is 10.6. The predicted octanol–water partition coefficient (Wildman–Crippen LogP) is -1.38. The molecule has 172 valence electrons. The lowest BCUT2D eigenvalue weighted by Crippen LogP contribution is -2.59. The minimum absolute atomic E-state index is 0.0992. The highest BCUT2D eigenvalue weighted by molar-refractivity contribution is 7.80. The summed E-state index contributed by atoms with van der Waals surface area (Å²) in [6.07, 6.45) is 0.117. The van der Waals surface area contributed by atoms with Crippen LogP contribution in [0.25, 0.3) is 0 Å². The molecular weight excluding hydrogens is 436 g/mol. The molecule has 0 aromatic rings. The van der Waals surface area contributed by atoms with E-state index in [4.69, 9.17) is 15.9 Å². The number of carbonyl (C=O) groups is 5. The van der Waals surface area contributed by atoms with Crippen LogP contribution in [-0.2, 0) is 24.0 Å². The van der Waals surface area contributed by atoms with Crippen LogP contribution in [-0.4, -0.2) is 75.5 Å². The lowest BCUT2D eigenvalue weighted by Gasteiger charge is -2.27. The van der Waals surface area contributed by atoms with Crippen molar-refractivity contribution < 1.29 is 34.2 Å². The van der Waals surface area contributed by atoms with Crippen LogP contribution in [0.3, 0.4) is 0 Å². The van der Waals surface area contributed by atoms with E-state index in [2.05, 4.69) is 41.2 Å². The Balaban J connectivity index is 5.19. The molecule has 0 aliphatic heterocycles. The molecule has 0 saturated heterocycles. The van der Waals surface area contributed by atoms with Gasteiger partial charge in [0, 0.05) is 17.9 Å². The summed E-state index contributed by atoms with van der Waals surface area (Å²) < 4.78 is 0. The topological polar surface area (TPSA) is 188 Å². The Kier molecular flexibility index (Phi) is 13.2. The van der Waals surface area contributed by atoms with Gasteiger partial charge in [0.05, 0.1) is 6.04 Å². The maximum atomic E-state index is 12.7. The van der Waals surface area contributed by atoms with Crippen molar-refractivity contribution >= 4 is 54.9 Å². The minimum atomic E-state index is -1.28. The van der Waals surface area contributed by atoms with Crippen molar-refractivity contribution in [3.63, 3.8) is 0 Å². The molecule has 0 aromatic heterocycles. The molecule has 5 atom stereocenters. The number of thiol groups is 2. The SMILES string of the molecule is CCC(C)C(NC(=O)C(N)CCC(=O)O)C(=O)NC(CS)C(=O)NC(CS)C(=O)O. The smallest absolute Gasteiger partial charge is 0.327 e. The molecule has 0 heterocycles. The van der Waals surface area contributed by atoms with Gasteiger partial charge >= 0.3 is 11.9 Å². The van der Waals surface area contributed by atoms with Crippen molar-refractivity contribution in [2.45, 2.75) is 57.3 Å². The molecule has 0 aliphatic carbocycles. The zero-order valence-corrected chi connectivity index (χ0v) is 18.6. The van der Waals surface area contributed by atoms with Gasteiger partial charge in [-0.25, -0.2) is 4.79 Å². The Morgan fingerprint density at radius 2 is 1.43 bits per heavy atom. The number of amides is 3. The van der Waals surface area contributed by atoms with Crippen LogP contribution < -0.4 is 21.7 Å². The number of carboxylic acids is 2. The second-order valence-corrected chi connectivity index (χ2v) is 7.47. The highest BCUT2D eigenvalue weighted by atomic mass is 32.1. The summed E-state index contributed by atoms with van der Waals surface area (Å²) in [7, 11) is 0. The quantitative estimate of drug-likeness (QED) is 0.144. The van der Waals surface area contributed by atoms with Gasteiger partial charge in [-0.3, -0.25) is 19.2 Å². The third kappa shape index (κ3) is 9.67. The summed E-state index contributed by atoms with van der Waals surface area (Å²) in [6.45, 7) is 3.51. The normalized spacial score (nSPS) is 15.8. The van der Waals surface area contributed by atoms with E-state index in [9.17, 15) is 24.0 Å². The average molecular weight is 467 g/mol. The summed E-state index contributed by atoms with van der Waals surface area (Å²) in [5.41, 5.74) is 5.68. The monoisotopic (exact) mass is 466 g/mol. The molecule has 11 nitrogen and oxygen atoms in total. The molecule has 30 heavy (non-hydrogen) atoms. The molecule has 5 unspecified atom stereocenters. The van der Waals surface area contributed by atoms with Gasteiger partial charge in [-0.15, -0.1) is 0 Å². The summed E-state index contributed by atoms with van der Waals surface area (Å²) in [6, 6.07) is -4.53. The lowest BCUT2D eigenvalue weighted by molar-refractivity contribution is -0.141. The van der Waals surface area contributed by atoms with Crippen molar-refractivity contribution in [3.05, 3.63) is 0 Å². The first-order chi connectivity index (χ1) is 14.0. The van der Waals surface area contributed by atoms with Crippen molar-refractivity contribution in [2.75, 3.05) is 11.5 Å². The maximum absolute atomic E-state index is 12.7. The van der Waals surface area contributed by atoms with Crippen molar-refractivity contribution in [1.29, 1.82) is 0 Å². The van der Waals surface area contributed by atoms with Gasteiger partial charge < -0.3 is 31.9 Å². The number of hydrogen-bond donors (Lipinski definition) is 8. The fourth-order valence-electron chi connectivity index (χ4n) is 2.29. The van der Waals surface area contributed by atoms with E-state index in [0.29, 0.717) is 6.42 Å². The standard InChI is InChI=1S/C17H30N4O7S2/c1-3-8(2)13(21-14(24)9(18)4-5-12(22)23)16(26)19-10(6-29)15(25)20-11(7-30)17(27)28/h8-11,13,29-30H,3-7,18H2,1-2H3,(H,19,26)(H,20,25)(H,21,24)(H,22,23)(H,27,28). The third-order valence-electron chi connectivity index (χ3n) is 4.41. The van der Waals surface area contributed by atoms with E-state index in [1.54, 1.807) is 13.8 Å². The lowest BCUT2D eigenvalue weighted by atomic mass is 9.97. The Bertz CT molecular complexity index is 635. The number of carbonyl (C=O) groups excluding carboxylic acids is 3. The summed E-state index contributed by atoms with van der Waals surface area (Å²) in [5.74, 6) is -5.08. The van der Waals surface area contributed by atoms with Gasteiger partial charge in [0.25, 0.3) is 0 Å². The number of aliphatic carboxylic acids is 2. The Morgan fingerprint density at radius 1 is 0.900 bits per heavy atom. The van der Waals surface area contributed by atoms with Gasteiger partial charge in [0.2, 0.25) is 17.7 Å². The summed E-state index contributed by atoms with van der Waals surface area (Å²) in [4.78, 5) is 59.0. The fraction of sp³-hybridized carbons (Fsp3) is 0.706. The number of carboxylic acid groups (broad SMARTS) is 2. The Hall–Kier alpha value is -1.99. The van der Waals surface area contributed by atoms with Crippen LogP contribution in [0.2, 0.25) is 0 Å². The number of rotatable bonds is 14. The summed E-state index contributed by atoms with van der Waals surface area (Å²) in [5, 5.41) is 24.9. The number of nitrogens with two attached hydrogens (primary N) is 1. The average Bonchev–Trinajstić information content (AvgIpc) is 2.70. The van der Waals surface area contributed by atoms with Crippen molar-refractivity contribution in [2.24, 2.45) is 11.7 Å². The molecule has 0 fully saturated rings. The maximum Gasteiger partial charge on any atom is 0.327 e. The van der Waals surface area contributed by atoms with Gasteiger partial charge in [-0.1, -0.05) is 20.3 Å². The molecular formula is C17H30N4O7S2. The molecule has 7 N–H and O–H groups in total. The third-order valence-corrected chi connectivity index (χ3v) is 5.14. The van der Waals surface area contributed by atoms with Crippen LogP contribution in [0, 0.1) is 5.92 Å². The molecule has 3 amide bonds. The zero-order chi connectivity index (χ0) is 23.4. The van der Waals surface area contributed by atoms with Crippen molar-refractivity contribution in [3.8, 4) is 0 Å². The second kappa shape index (κ2) is 14.1. The summed E-state index contributed by atoms with van der Waals surface area (Å²) >= 11 is 7.88. The van der Waals surface area contributed by atoms with Gasteiger partial charge in [-0.2, -0.15) is 25.3 Å². The molecule has 0 rings (SSSR count). The first-order valence-electron chi connectivity index (χ1n) is 9.31. The van der Waals surface area contributed by atoms with Crippen LogP contribution >= 0.6 is 25.3 Å². The molecule has 0 radical (unpaired) electrons. The molecule has 0 bridgehead atoms. The number of hydrogen-bond acceptors (Lipinski definition) is 8. The molecule has 0 aromatic carbocycles.